The second-order valence-electron chi connectivity index (χ2n) is 16.1. The van der Waals surface area contributed by atoms with E-state index in [1.54, 1.807) is 24.3 Å². The number of nitrogens with one attached hydrogen (secondary N) is 4. The summed E-state index contributed by atoms with van der Waals surface area (Å²) in [7, 11) is 0. The maximum absolute atomic E-state index is 13.1. The van der Waals surface area contributed by atoms with E-state index >= 15 is 0 Å². The first-order valence-electron chi connectivity index (χ1n) is 21.1. The zero-order chi connectivity index (χ0) is 43.2. The van der Waals surface area contributed by atoms with Crippen molar-refractivity contribution in [2.75, 3.05) is 75.9 Å². The van der Waals surface area contributed by atoms with Crippen LogP contribution >= 0.6 is 11.7 Å². The van der Waals surface area contributed by atoms with E-state index in [0.717, 1.165) is 49.8 Å². The van der Waals surface area contributed by atoms with Crippen LogP contribution in [0.15, 0.2) is 18.2 Å². The fourth-order valence-corrected chi connectivity index (χ4v) is 7.53. The molecule has 60 heavy (non-hydrogen) atoms. The van der Waals surface area contributed by atoms with E-state index in [-0.39, 0.29) is 48.7 Å². The van der Waals surface area contributed by atoms with Crippen molar-refractivity contribution in [3.8, 4) is 11.6 Å². The average molecular weight is 851 g/mol. The lowest BCUT2D eigenvalue weighted by atomic mass is 10.0. The van der Waals surface area contributed by atoms with Crippen molar-refractivity contribution in [2.24, 2.45) is 0 Å². The Hall–Kier alpha value is -4.84. The number of H-pyrrole nitrogens is 1. The molecule has 1 fully saturated rings. The molecule has 0 unspecified atom stereocenters. The monoisotopic (exact) mass is 850 g/mol. The number of aromatic nitrogens is 3. The molecule has 5 rings (SSSR count). The van der Waals surface area contributed by atoms with Gasteiger partial charge in [0.1, 0.15) is 18.5 Å². The largest absolute Gasteiger partial charge is 0.470 e. The van der Waals surface area contributed by atoms with E-state index in [9.17, 15) is 19.2 Å². The normalized spacial score (nSPS) is 15.2. The van der Waals surface area contributed by atoms with Gasteiger partial charge in [0.25, 0.3) is 17.7 Å². The molecule has 1 atom stereocenters. The van der Waals surface area contributed by atoms with Crippen LogP contribution in [0.25, 0.3) is 11.6 Å². The third-order valence-corrected chi connectivity index (χ3v) is 10.9. The van der Waals surface area contributed by atoms with Crippen molar-refractivity contribution in [1.82, 2.24) is 29.3 Å². The molecular formula is C43H62N8O8S. The number of likely N-dealkylation sites (N-methyl/N-ethyl adjacent to an activating group) is 1. The summed E-state index contributed by atoms with van der Waals surface area (Å²) in [6.07, 6.45) is 4.37. The zero-order valence-electron chi connectivity index (χ0n) is 36.2. The highest BCUT2D eigenvalue weighted by Gasteiger charge is 2.27. The van der Waals surface area contributed by atoms with Crippen LogP contribution in [0.2, 0.25) is 0 Å². The van der Waals surface area contributed by atoms with Crippen LogP contribution in [0, 0.1) is 13.8 Å². The zero-order valence-corrected chi connectivity index (χ0v) is 37.0. The number of amides is 2. The first-order chi connectivity index (χ1) is 28.8. The Morgan fingerprint density at radius 3 is 2.45 bits per heavy atom. The molecule has 0 spiro atoms. The topological polar surface area (TPSA) is 189 Å². The number of carbonyl (C=O) groups is 4. The highest BCUT2D eigenvalue weighted by atomic mass is 32.1. The van der Waals surface area contributed by atoms with E-state index in [2.05, 4.69) is 53.3 Å². The lowest BCUT2D eigenvalue weighted by Crippen LogP contribution is -2.44. The molecule has 0 radical (unpaired) electrons. The van der Waals surface area contributed by atoms with Crippen molar-refractivity contribution in [2.45, 2.75) is 98.6 Å². The maximum Gasteiger partial charge on any atom is 0.311 e. The number of hydrogen-bond acceptors (Lipinski definition) is 14. The SMILES string of the molecule is CCN(CC)CCNC(=O)c1c(C)[nH]c(/C=C2\C(=O)Nc3ccc(OC(=O)CCCCCCC(=O)O[C@@H](CNC(C)(C)C)COc4nsnc4N4CCOCC4)cc32)c1C. The van der Waals surface area contributed by atoms with Crippen LogP contribution < -0.4 is 30.3 Å². The predicted molar refractivity (Wildman–Crippen MR) is 233 cm³/mol. The number of carbonyl (C=O) groups excluding carboxylic acids is 4. The summed E-state index contributed by atoms with van der Waals surface area (Å²) in [6, 6.07) is 5.05. The molecule has 16 nitrogen and oxygen atoms in total. The summed E-state index contributed by atoms with van der Waals surface area (Å²) in [6.45, 7) is 20.4. The Morgan fingerprint density at radius 1 is 1.03 bits per heavy atom. The number of esters is 2. The second-order valence-corrected chi connectivity index (χ2v) is 16.6. The van der Waals surface area contributed by atoms with Gasteiger partial charge in [0.2, 0.25) is 5.82 Å². The first-order valence-corrected chi connectivity index (χ1v) is 21.8. The minimum Gasteiger partial charge on any atom is -0.470 e. The molecule has 17 heteroatoms. The number of ether oxygens (including phenoxy) is 4. The molecule has 2 amide bonds. The molecule has 0 saturated carbocycles. The standard InChI is InChI=1S/C43H62N8O8S/c1-8-50(9-2)19-18-44-41(55)38-28(3)35(46-29(38)4)25-33-32-24-30(16-17-34(32)47-40(33)54)58-36(52)14-12-10-11-13-15-37(53)59-31(26-45-43(5,6)7)27-57-42-39(48-60-49-42)51-20-22-56-23-21-51/h16-17,24-25,31,45-46H,8-15,18-23,26-27H2,1-7H3,(H,44,55)(H,47,54)/b33-25-/t31-/m0/s1. The van der Waals surface area contributed by atoms with Gasteiger partial charge in [-0.25, -0.2) is 0 Å². The second kappa shape index (κ2) is 22.1. The Balaban J connectivity index is 1.06. The van der Waals surface area contributed by atoms with Crippen LogP contribution in [0.4, 0.5) is 11.5 Å². The summed E-state index contributed by atoms with van der Waals surface area (Å²) < 4.78 is 31.7. The first kappa shape index (κ1) is 46.2. The number of nitrogens with zero attached hydrogens (tertiary/aromatic N) is 4. The Labute approximate surface area is 357 Å². The fraction of sp³-hybridized carbons (Fsp3) is 0.581. The number of aromatic amines is 1. The van der Waals surface area contributed by atoms with Crippen molar-refractivity contribution in [3.63, 3.8) is 0 Å². The summed E-state index contributed by atoms with van der Waals surface area (Å²) in [5, 5.41) is 9.28. The number of fused-ring (bicyclic) bond motifs is 1. The third-order valence-electron chi connectivity index (χ3n) is 10.4. The van der Waals surface area contributed by atoms with E-state index in [0.29, 0.717) is 103 Å². The van der Waals surface area contributed by atoms with E-state index < -0.39 is 6.10 Å². The molecule has 2 aliphatic rings. The molecule has 328 valence electrons. The van der Waals surface area contributed by atoms with Crippen LogP contribution in [-0.4, -0.2) is 120 Å². The summed E-state index contributed by atoms with van der Waals surface area (Å²) in [5.41, 5.74) is 4.11. The molecule has 0 bridgehead atoms. The number of aryl methyl sites for hydroxylation is 1. The number of rotatable bonds is 22. The summed E-state index contributed by atoms with van der Waals surface area (Å²) in [5.74, 6) is 0.303. The van der Waals surface area contributed by atoms with Crippen LogP contribution in [0.5, 0.6) is 11.6 Å². The predicted octanol–water partition coefficient (Wildman–Crippen LogP) is 5.51. The van der Waals surface area contributed by atoms with Gasteiger partial charge in [0.05, 0.1) is 36.1 Å². The van der Waals surface area contributed by atoms with Gasteiger partial charge < -0.3 is 49.7 Å². The van der Waals surface area contributed by atoms with Gasteiger partial charge >= 0.3 is 11.9 Å². The van der Waals surface area contributed by atoms with E-state index in [1.165, 1.54) is 0 Å². The van der Waals surface area contributed by atoms with Crippen LogP contribution in [0.1, 0.15) is 106 Å². The van der Waals surface area contributed by atoms with Crippen molar-refractivity contribution in [3.05, 3.63) is 46.3 Å². The Morgan fingerprint density at radius 2 is 1.75 bits per heavy atom. The molecule has 1 saturated heterocycles. The van der Waals surface area contributed by atoms with Crippen molar-refractivity contribution >= 4 is 58.6 Å². The van der Waals surface area contributed by atoms with E-state index in [1.807, 2.05) is 34.6 Å². The van der Waals surface area contributed by atoms with E-state index in [4.69, 9.17) is 18.9 Å². The van der Waals surface area contributed by atoms with Crippen molar-refractivity contribution in [1.29, 1.82) is 0 Å². The lowest BCUT2D eigenvalue weighted by molar-refractivity contribution is -0.150. The fourth-order valence-electron chi connectivity index (χ4n) is 7.01. The number of benzene rings is 1. The van der Waals surface area contributed by atoms with Gasteiger partial charge in [-0.3, -0.25) is 19.2 Å². The third kappa shape index (κ3) is 13.3. The molecule has 2 aliphatic heterocycles. The summed E-state index contributed by atoms with van der Waals surface area (Å²) >= 11 is 1.08. The van der Waals surface area contributed by atoms with Gasteiger partial charge in [-0.05, 0) is 90.4 Å². The van der Waals surface area contributed by atoms with Gasteiger partial charge in [-0.1, -0.05) is 26.7 Å². The van der Waals surface area contributed by atoms with Crippen LogP contribution in [0.3, 0.4) is 0 Å². The molecule has 4 N–H and O–H groups in total. The number of hydrogen-bond donors (Lipinski definition) is 4. The van der Waals surface area contributed by atoms with Gasteiger partial charge in [0.15, 0.2) is 0 Å². The number of unbranched alkanes of at least 4 members (excludes halogenated alkanes) is 3. The molecule has 3 aromatic rings. The summed E-state index contributed by atoms with van der Waals surface area (Å²) in [4.78, 5) is 59.5. The van der Waals surface area contributed by atoms with Gasteiger partial charge in [0, 0.05) is 73.7 Å². The molecular weight excluding hydrogens is 789 g/mol. The smallest absolute Gasteiger partial charge is 0.311 e. The Kier molecular flexibility index (Phi) is 17.1. The van der Waals surface area contributed by atoms with Crippen molar-refractivity contribution < 1.29 is 38.1 Å². The van der Waals surface area contributed by atoms with Crippen LogP contribution in [-0.2, 0) is 23.9 Å². The maximum atomic E-state index is 13.1. The highest BCUT2D eigenvalue weighted by Crippen LogP contribution is 2.36. The minimum absolute atomic E-state index is 0.138. The van der Waals surface area contributed by atoms with Gasteiger partial charge in [-0.2, -0.15) is 4.37 Å². The Bertz CT molecular complexity index is 1960. The number of morpholine rings is 1. The average Bonchev–Trinajstić information content (AvgIpc) is 3.90. The number of anilines is 2. The highest BCUT2D eigenvalue weighted by molar-refractivity contribution is 6.99. The minimum atomic E-state index is -0.522. The molecule has 1 aromatic carbocycles. The molecule has 2 aromatic heterocycles. The van der Waals surface area contributed by atoms with Gasteiger partial charge in [-0.15, -0.1) is 4.37 Å². The molecule has 0 aliphatic carbocycles. The quantitative estimate of drug-likeness (QED) is 0.0429. The lowest BCUT2D eigenvalue weighted by Gasteiger charge is -2.27. The molecule has 4 heterocycles.